The molecule has 0 aromatic heterocycles. The van der Waals surface area contributed by atoms with Crippen molar-refractivity contribution < 1.29 is 9.53 Å². The van der Waals surface area contributed by atoms with E-state index in [-0.39, 0.29) is 11.9 Å². The average molecular weight is 297 g/mol. The molecule has 0 aliphatic rings. The van der Waals surface area contributed by atoms with Crippen molar-refractivity contribution in [2.75, 3.05) is 7.11 Å². The van der Waals surface area contributed by atoms with Gasteiger partial charge in [-0.3, -0.25) is 4.79 Å². The first-order valence-corrected chi connectivity index (χ1v) is 7.45. The Morgan fingerprint density at radius 3 is 2.36 bits per heavy atom. The quantitative estimate of drug-likeness (QED) is 0.922. The Hall–Kier alpha value is -2.29. The minimum absolute atomic E-state index is 0.0586. The molecule has 0 spiro atoms. The molecule has 0 heterocycles. The summed E-state index contributed by atoms with van der Waals surface area (Å²) in [4.78, 5) is 12.5. The molecular formula is C19H23NO2. The van der Waals surface area contributed by atoms with Crippen molar-refractivity contribution in [1.29, 1.82) is 0 Å². The van der Waals surface area contributed by atoms with E-state index in [1.54, 1.807) is 19.2 Å². The molecule has 22 heavy (non-hydrogen) atoms. The van der Waals surface area contributed by atoms with Gasteiger partial charge in [0.2, 0.25) is 0 Å². The molecule has 116 valence electrons. The van der Waals surface area contributed by atoms with Crippen molar-refractivity contribution in [2.45, 2.75) is 33.7 Å². The molecule has 2 aromatic carbocycles. The number of nitrogens with one attached hydrogen (secondary N) is 1. The minimum atomic E-state index is -0.123. The maximum Gasteiger partial charge on any atom is 0.255 e. The lowest BCUT2D eigenvalue weighted by molar-refractivity contribution is 0.0937. The van der Waals surface area contributed by atoms with Crippen LogP contribution in [0, 0.1) is 20.8 Å². The lowest BCUT2D eigenvalue weighted by atomic mass is 9.96. The van der Waals surface area contributed by atoms with Gasteiger partial charge in [-0.1, -0.05) is 24.3 Å². The monoisotopic (exact) mass is 297 g/mol. The van der Waals surface area contributed by atoms with E-state index >= 15 is 0 Å². The molecule has 0 bridgehead atoms. The van der Waals surface area contributed by atoms with Crippen LogP contribution in [-0.2, 0) is 0 Å². The number of carbonyl (C=O) groups is 1. The van der Waals surface area contributed by atoms with Crippen molar-refractivity contribution in [1.82, 2.24) is 5.32 Å². The van der Waals surface area contributed by atoms with Crippen molar-refractivity contribution in [3.63, 3.8) is 0 Å². The van der Waals surface area contributed by atoms with Crippen molar-refractivity contribution in [2.24, 2.45) is 0 Å². The first-order chi connectivity index (χ1) is 10.4. The molecule has 1 unspecified atom stereocenters. The van der Waals surface area contributed by atoms with Crippen molar-refractivity contribution in [3.8, 4) is 5.75 Å². The van der Waals surface area contributed by atoms with E-state index in [4.69, 9.17) is 4.74 Å². The number of amides is 1. The average Bonchev–Trinajstić information content (AvgIpc) is 2.50. The number of rotatable bonds is 4. The Bertz CT molecular complexity index is 692. The predicted octanol–water partition coefficient (Wildman–Crippen LogP) is 4.11. The number of hydrogen-bond donors (Lipinski definition) is 1. The third-order valence-corrected chi connectivity index (χ3v) is 4.05. The summed E-state index contributed by atoms with van der Waals surface area (Å²) < 4.78 is 5.25. The van der Waals surface area contributed by atoms with Gasteiger partial charge in [0.05, 0.1) is 18.7 Å². The molecule has 2 rings (SSSR count). The molecule has 0 fully saturated rings. The fraction of sp³-hybridized carbons (Fsp3) is 0.316. The second-order valence-electron chi connectivity index (χ2n) is 5.69. The first kappa shape index (κ1) is 16.1. The van der Waals surface area contributed by atoms with Gasteiger partial charge in [0.15, 0.2) is 0 Å². The SMILES string of the molecule is COc1ccccc1C(=O)NC(C)c1cc(C)c(C)cc1C. The van der Waals surface area contributed by atoms with Gasteiger partial charge in [-0.2, -0.15) is 0 Å². The summed E-state index contributed by atoms with van der Waals surface area (Å²) in [5.74, 6) is 0.464. The topological polar surface area (TPSA) is 38.3 Å². The number of aryl methyl sites for hydroxylation is 3. The Balaban J connectivity index is 2.23. The van der Waals surface area contributed by atoms with Crippen LogP contribution in [0.25, 0.3) is 0 Å². The zero-order valence-corrected chi connectivity index (χ0v) is 13.9. The molecule has 0 saturated heterocycles. The molecular weight excluding hydrogens is 274 g/mol. The summed E-state index contributed by atoms with van der Waals surface area (Å²) in [6, 6.07) is 11.5. The summed E-state index contributed by atoms with van der Waals surface area (Å²) in [5, 5.41) is 3.06. The highest BCUT2D eigenvalue weighted by molar-refractivity contribution is 5.97. The van der Waals surface area contributed by atoms with Crippen LogP contribution in [0.5, 0.6) is 5.75 Å². The van der Waals surface area contributed by atoms with Gasteiger partial charge in [0.25, 0.3) is 5.91 Å². The number of benzene rings is 2. The summed E-state index contributed by atoms with van der Waals surface area (Å²) in [6.07, 6.45) is 0. The van der Waals surface area contributed by atoms with Gasteiger partial charge >= 0.3 is 0 Å². The van der Waals surface area contributed by atoms with E-state index in [1.807, 2.05) is 19.1 Å². The summed E-state index contributed by atoms with van der Waals surface area (Å²) >= 11 is 0. The molecule has 0 radical (unpaired) electrons. The molecule has 3 heteroatoms. The highest BCUT2D eigenvalue weighted by Crippen LogP contribution is 2.23. The van der Waals surface area contributed by atoms with Crippen LogP contribution in [0.3, 0.4) is 0 Å². The van der Waals surface area contributed by atoms with E-state index in [1.165, 1.54) is 16.7 Å². The van der Waals surface area contributed by atoms with Crippen LogP contribution in [-0.4, -0.2) is 13.0 Å². The minimum Gasteiger partial charge on any atom is -0.496 e. The fourth-order valence-electron chi connectivity index (χ4n) is 2.63. The Kier molecular flexibility index (Phi) is 4.86. The third kappa shape index (κ3) is 3.30. The summed E-state index contributed by atoms with van der Waals surface area (Å²) in [7, 11) is 1.57. The normalized spacial score (nSPS) is 11.9. The van der Waals surface area contributed by atoms with E-state index in [0.717, 1.165) is 5.56 Å². The third-order valence-electron chi connectivity index (χ3n) is 4.05. The van der Waals surface area contributed by atoms with Crippen molar-refractivity contribution >= 4 is 5.91 Å². The van der Waals surface area contributed by atoms with Crippen LogP contribution in [0.15, 0.2) is 36.4 Å². The molecule has 0 aliphatic carbocycles. The summed E-state index contributed by atoms with van der Waals surface area (Å²) in [6.45, 7) is 8.27. The van der Waals surface area contributed by atoms with Gasteiger partial charge < -0.3 is 10.1 Å². The van der Waals surface area contributed by atoms with Gasteiger partial charge in [-0.25, -0.2) is 0 Å². The highest BCUT2D eigenvalue weighted by Gasteiger charge is 2.16. The second-order valence-corrected chi connectivity index (χ2v) is 5.69. The van der Waals surface area contributed by atoms with Crippen LogP contribution < -0.4 is 10.1 Å². The smallest absolute Gasteiger partial charge is 0.255 e. The Morgan fingerprint density at radius 2 is 1.68 bits per heavy atom. The van der Waals surface area contributed by atoms with Crippen LogP contribution in [0.4, 0.5) is 0 Å². The van der Waals surface area contributed by atoms with Gasteiger partial charge in [-0.15, -0.1) is 0 Å². The Morgan fingerprint density at radius 1 is 1.05 bits per heavy atom. The first-order valence-electron chi connectivity index (χ1n) is 7.45. The van der Waals surface area contributed by atoms with Gasteiger partial charge in [0, 0.05) is 0 Å². The van der Waals surface area contributed by atoms with Crippen molar-refractivity contribution in [3.05, 3.63) is 64.2 Å². The molecule has 0 aliphatic heterocycles. The van der Waals surface area contributed by atoms with Crippen LogP contribution >= 0.6 is 0 Å². The molecule has 0 saturated carbocycles. The molecule has 1 amide bonds. The maximum absolute atomic E-state index is 12.5. The van der Waals surface area contributed by atoms with E-state index in [2.05, 4.69) is 38.2 Å². The largest absolute Gasteiger partial charge is 0.496 e. The molecule has 2 aromatic rings. The lowest BCUT2D eigenvalue weighted by Crippen LogP contribution is -2.27. The van der Waals surface area contributed by atoms with E-state index in [9.17, 15) is 4.79 Å². The number of hydrogen-bond acceptors (Lipinski definition) is 2. The highest BCUT2D eigenvalue weighted by atomic mass is 16.5. The summed E-state index contributed by atoms with van der Waals surface area (Å²) in [5.41, 5.74) is 5.39. The lowest BCUT2D eigenvalue weighted by Gasteiger charge is -2.19. The van der Waals surface area contributed by atoms with Crippen LogP contribution in [0.2, 0.25) is 0 Å². The van der Waals surface area contributed by atoms with Gasteiger partial charge in [-0.05, 0) is 62.1 Å². The number of ether oxygens (including phenoxy) is 1. The van der Waals surface area contributed by atoms with Gasteiger partial charge in [0.1, 0.15) is 5.75 Å². The van der Waals surface area contributed by atoms with E-state index in [0.29, 0.717) is 11.3 Å². The predicted molar refractivity (Wildman–Crippen MR) is 89.5 cm³/mol. The molecule has 1 atom stereocenters. The molecule has 3 nitrogen and oxygen atoms in total. The van der Waals surface area contributed by atoms with Crippen LogP contribution in [0.1, 0.15) is 45.6 Å². The number of carbonyl (C=O) groups excluding carboxylic acids is 1. The number of para-hydroxylation sites is 1. The second kappa shape index (κ2) is 6.65. The van der Waals surface area contributed by atoms with E-state index < -0.39 is 0 Å². The zero-order valence-electron chi connectivity index (χ0n) is 13.9. The zero-order chi connectivity index (χ0) is 16.3. The standard InChI is InChI=1S/C19H23NO2/c1-12-10-14(3)17(11-13(12)2)15(4)20-19(21)16-8-6-7-9-18(16)22-5/h6-11,15H,1-5H3,(H,20,21). The fourth-order valence-corrected chi connectivity index (χ4v) is 2.63. The number of methoxy groups -OCH3 is 1. The Labute approximate surface area is 132 Å². The molecule has 1 N–H and O–H groups in total. The maximum atomic E-state index is 12.5.